The number of hydrogen-bond acceptors (Lipinski definition) is 5. The van der Waals surface area contributed by atoms with Gasteiger partial charge in [-0.15, -0.1) is 0 Å². The van der Waals surface area contributed by atoms with Gasteiger partial charge in [0.05, 0.1) is 17.3 Å². The summed E-state index contributed by atoms with van der Waals surface area (Å²) in [5.74, 6) is 1.91. The van der Waals surface area contributed by atoms with E-state index >= 15 is 0 Å². The highest BCUT2D eigenvalue weighted by Crippen LogP contribution is 2.43. The summed E-state index contributed by atoms with van der Waals surface area (Å²) < 4.78 is 12.6. The van der Waals surface area contributed by atoms with Crippen molar-refractivity contribution in [2.24, 2.45) is 0 Å². The molecule has 0 amide bonds. The summed E-state index contributed by atoms with van der Waals surface area (Å²) in [7, 11) is 0. The van der Waals surface area contributed by atoms with E-state index in [9.17, 15) is 9.90 Å². The van der Waals surface area contributed by atoms with Gasteiger partial charge in [0, 0.05) is 17.4 Å². The monoisotopic (exact) mass is 561 g/mol. The number of benzene rings is 3. The molecule has 6 rings (SSSR count). The van der Waals surface area contributed by atoms with E-state index in [4.69, 9.17) is 21.4 Å². The van der Waals surface area contributed by atoms with Crippen molar-refractivity contribution in [2.75, 3.05) is 4.90 Å². The molecule has 1 fully saturated rings. The Labute approximate surface area is 243 Å². The number of rotatable bonds is 7. The Hall–Kier alpha value is -4.95. The maximum Gasteiger partial charge on any atom is 0.335 e. The zero-order valence-corrected chi connectivity index (χ0v) is 23.3. The fourth-order valence-electron chi connectivity index (χ4n) is 5.12. The van der Waals surface area contributed by atoms with E-state index in [1.165, 1.54) is 0 Å². The van der Waals surface area contributed by atoms with Gasteiger partial charge in [-0.05, 0) is 104 Å². The molecule has 3 aromatic carbocycles. The normalized spacial score (nSPS) is 16.4. The van der Waals surface area contributed by atoms with Crippen LogP contribution in [0.15, 0.2) is 108 Å². The number of para-hydroxylation sites is 1. The molecule has 2 aromatic heterocycles. The molecule has 8 heteroatoms. The van der Waals surface area contributed by atoms with Crippen LogP contribution in [0, 0.1) is 13.8 Å². The smallest absolute Gasteiger partial charge is 0.335 e. The molecule has 0 bridgehead atoms. The van der Waals surface area contributed by atoms with Crippen LogP contribution in [-0.2, 0) is 0 Å². The van der Waals surface area contributed by atoms with Crippen molar-refractivity contribution >= 4 is 29.0 Å². The lowest BCUT2D eigenvalue weighted by molar-refractivity contribution is 0.0696. The Bertz CT molecular complexity index is 1730. The minimum Gasteiger partial charge on any atom is -0.478 e. The van der Waals surface area contributed by atoms with Crippen molar-refractivity contribution in [3.63, 3.8) is 0 Å². The number of furan rings is 1. The standard InChI is InChI=1S/C33H27N3O4S/c1-20-7-3-4-9-27(20)39-24-13-11-23(12-14-24)36-31(30(35-33(36)41)26-8-5-6-18-34-26)29-17-16-28(40-29)25-15-10-22(32(37)38)19-21(25)2/h3-19,30-31H,1-2H3,(H,35,41)(H,37,38). The van der Waals surface area contributed by atoms with Crippen LogP contribution in [0.25, 0.3) is 11.3 Å². The fourth-order valence-corrected chi connectivity index (χ4v) is 5.47. The quantitative estimate of drug-likeness (QED) is 0.196. The first kappa shape index (κ1) is 26.3. The number of anilines is 1. The fraction of sp³-hybridized carbons (Fsp3) is 0.121. The molecule has 7 nitrogen and oxygen atoms in total. The molecule has 1 saturated heterocycles. The summed E-state index contributed by atoms with van der Waals surface area (Å²) in [6, 6.07) is 29.8. The zero-order valence-electron chi connectivity index (χ0n) is 22.4. The minimum atomic E-state index is -0.963. The maximum absolute atomic E-state index is 11.4. The lowest BCUT2D eigenvalue weighted by Crippen LogP contribution is -2.29. The maximum atomic E-state index is 11.4. The Morgan fingerprint density at radius 2 is 1.73 bits per heavy atom. The molecule has 204 valence electrons. The van der Waals surface area contributed by atoms with Crippen molar-refractivity contribution in [3.05, 3.63) is 131 Å². The number of thiocarbonyl (C=S) groups is 1. The van der Waals surface area contributed by atoms with Gasteiger partial charge in [0.2, 0.25) is 0 Å². The number of carboxylic acid groups (broad SMARTS) is 1. The summed E-state index contributed by atoms with van der Waals surface area (Å²) >= 11 is 5.85. The summed E-state index contributed by atoms with van der Waals surface area (Å²) in [6.07, 6.45) is 1.76. The zero-order chi connectivity index (χ0) is 28.5. The van der Waals surface area contributed by atoms with Crippen LogP contribution in [-0.4, -0.2) is 21.2 Å². The number of aryl methyl sites for hydroxylation is 2. The van der Waals surface area contributed by atoms with Crippen molar-refractivity contribution in [1.29, 1.82) is 0 Å². The largest absolute Gasteiger partial charge is 0.478 e. The van der Waals surface area contributed by atoms with Crippen LogP contribution >= 0.6 is 12.2 Å². The van der Waals surface area contributed by atoms with Crippen LogP contribution in [0.1, 0.15) is 45.0 Å². The van der Waals surface area contributed by atoms with Crippen molar-refractivity contribution < 1.29 is 19.1 Å². The third-order valence-corrected chi connectivity index (χ3v) is 7.51. The van der Waals surface area contributed by atoms with E-state index in [-0.39, 0.29) is 17.6 Å². The molecule has 0 aliphatic carbocycles. The molecule has 2 atom stereocenters. The second kappa shape index (κ2) is 10.9. The van der Waals surface area contributed by atoms with Crippen LogP contribution in [0.2, 0.25) is 0 Å². The molecule has 2 N–H and O–H groups in total. The molecule has 1 aliphatic heterocycles. The Morgan fingerprint density at radius 1 is 0.951 bits per heavy atom. The number of carboxylic acids is 1. The lowest BCUT2D eigenvalue weighted by Gasteiger charge is -2.26. The van der Waals surface area contributed by atoms with Gasteiger partial charge in [0.15, 0.2) is 5.11 Å². The highest BCUT2D eigenvalue weighted by Gasteiger charge is 2.42. The molecule has 0 spiro atoms. The van der Waals surface area contributed by atoms with E-state index in [0.717, 1.165) is 39.6 Å². The van der Waals surface area contributed by atoms with E-state index in [1.807, 2.05) is 97.6 Å². The number of hydrogen-bond donors (Lipinski definition) is 2. The van der Waals surface area contributed by atoms with Gasteiger partial charge in [-0.3, -0.25) is 4.98 Å². The lowest BCUT2D eigenvalue weighted by atomic mass is 10.0. The summed E-state index contributed by atoms with van der Waals surface area (Å²) in [6.45, 7) is 3.89. The van der Waals surface area contributed by atoms with Crippen LogP contribution in [0.3, 0.4) is 0 Å². The first-order valence-corrected chi connectivity index (χ1v) is 13.6. The van der Waals surface area contributed by atoms with Gasteiger partial charge in [0.1, 0.15) is 29.1 Å². The SMILES string of the molecule is Cc1ccccc1Oc1ccc(N2C(=S)NC(c3ccccn3)C2c2ccc(-c3ccc(C(=O)O)cc3C)o2)cc1. The first-order valence-electron chi connectivity index (χ1n) is 13.2. The third-order valence-electron chi connectivity index (χ3n) is 7.19. The van der Waals surface area contributed by atoms with Crippen LogP contribution in [0.4, 0.5) is 5.69 Å². The molecule has 0 saturated carbocycles. The Balaban J connectivity index is 1.36. The summed E-state index contributed by atoms with van der Waals surface area (Å²) in [4.78, 5) is 18.1. The molecular formula is C33H27N3O4S. The van der Waals surface area contributed by atoms with E-state index in [1.54, 1.807) is 24.4 Å². The van der Waals surface area contributed by atoms with Gasteiger partial charge in [-0.25, -0.2) is 4.79 Å². The molecule has 0 radical (unpaired) electrons. The number of ether oxygens (including phenoxy) is 1. The van der Waals surface area contributed by atoms with E-state index < -0.39 is 5.97 Å². The summed E-state index contributed by atoms with van der Waals surface area (Å²) in [5.41, 5.74) is 4.65. The molecular weight excluding hydrogens is 534 g/mol. The van der Waals surface area contributed by atoms with Gasteiger partial charge in [-0.1, -0.05) is 30.3 Å². The first-order chi connectivity index (χ1) is 19.9. The predicted octanol–water partition coefficient (Wildman–Crippen LogP) is 7.63. The highest BCUT2D eigenvalue weighted by atomic mass is 32.1. The van der Waals surface area contributed by atoms with Gasteiger partial charge >= 0.3 is 5.97 Å². The molecule has 5 aromatic rings. The van der Waals surface area contributed by atoms with Gasteiger partial charge in [0.25, 0.3) is 0 Å². The average Bonchev–Trinajstić information content (AvgIpc) is 3.59. The number of aromatic carboxylic acids is 1. The average molecular weight is 562 g/mol. The van der Waals surface area contributed by atoms with Crippen molar-refractivity contribution in [1.82, 2.24) is 10.3 Å². The predicted molar refractivity (Wildman–Crippen MR) is 161 cm³/mol. The van der Waals surface area contributed by atoms with Gasteiger partial charge < -0.3 is 24.5 Å². The number of nitrogens with zero attached hydrogens (tertiary/aromatic N) is 2. The van der Waals surface area contributed by atoms with E-state index in [2.05, 4.69) is 10.3 Å². The molecule has 3 heterocycles. The van der Waals surface area contributed by atoms with Gasteiger partial charge in [-0.2, -0.15) is 0 Å². The molecule has 2 unspecified atom stereocenters. The van der Waals surface area contributed by atoms with Crippen LogP contribution in [0.5, 0.6) is 11.5 Å². The second-order valence-electron chi connectivity index (χ2n) is 9.89. The molecule has 41 heavy (non-hydrogen) atoms. The van der Waals surface area contributed by atoms with Crippen molar-refractivity contribution in [2.45, 2.75) is 25.9 Å². The number of pyridine rings is 1. The third kappa shape index (κ3) is 5.17. The van der Waals surface area contributed by atoms with E-state index in [0.29, 0.717) is 16.6 Å². The topological polar surface area (TPSA) is 87.8 Å². The Morgan fingerprint density at radius 3 is 2.44 bits per heavy atom. The Kier molecular flexibility index (Phi) is 6.99. The number of carbonyl (C=O) groups is 1. The second-order valence-corrected chi connectivity index (χ2v) is 10.3. The van der Waals surface area contributed by atoms with Crippen molar-refractivity contribution in [3.8, 4) is 22.8 Å². The van der Waals surface area contributed by atoms with Crippen LogP contribution < -0.4 is 15.0 Å². The highest BCUT2D eigenvalue weighted by molar-refractivity contribution is 7.80. The minimum absolute atomic E-state index is 0.236. The number of aromatic nitrogens is 1. The molecule has 1 aliphatic rings. The summed E-state index contributed by atoms with van der Waals surface area (Å²) in [5, 5.41) is 13.4. The number of nitrogens with one attached hydrogen (secondary N) is 1.